The molecule has 0 heterocycles. The van der Waals surface area contributed by atoms with Gasteiger partial charge in [0.15, 0.2) is 11.5 Å². The maximum Gasteiger partial charge on any atom is 0.335 e. The predicted molar refractivity (Wildman–Crippen MR) is 93.3 cm³/mol. The molecule has 0 saturated carbocycles. The number of hydrogen-bond acceptors (Lipinski definition) is 3. The van der Waals surface area contributed by atoms with Crippen molar-refractivity contribution in [3.05, 3.63) is 71.3 Å². The second kappa shape index (κ2) is 6.62. The van der Waals surface area contributed by atoms with Crippen LogP contribution in [0.5, 0.6) is 11.5 Å². The Kier molecular flexibility index (Phi) is 4.38. The molecule has 0 aliphatic carbocycles. The van der Waals surface area contributed by atoms with E-state index < -0.39 is 5.97 Å². The van der Waals surface area contributed by atoms with E-state index in [0.29, 0.717) is 17.9 Å². The average molecular weight is 322 g/mol. The Balaban J connectivity index is 2.22. The predicted octanol–water partition coefficient (Wildman–Crippen LogP) is 4.15. The Morgan fingerprint density at radius 2 is 1.62 bits per heavy atom. The Morgan fingerprint density at radius 3 is 2.25 bits per heavy atom. The van der Waals surface area contributed by atoms with E-state index in [2.05, 4.69) is 0 Å². The van der Waals surface area contributed by atoms with E-state index in [1.54, 1.807) is 26.4 Å². The number of benzene rings is 3. The van der Waals surface area contributed by atoms with Gasteiger partial charge in [-0.15, -0.1) is 0 Å². The van der Waals surface area contributed by atoms with E-state index in [-0.39, 0.29) is 5.56 Å². The summed E-state index contributed by atoms with van der Waals surface area (Å²) in [4.78, 5) is 11.5. The monoisotopic (exact) mass is 322 g/mol. The molecule has 1 N–H and O–H groups in total. The van der Waals surface area contributed by atoms with Crippen LogP contribution in [0.3, 0.4) is 0 Å². The fraction of sp³-hybridized carbons (Fsp3) is 0.150. The fourth-order valence-corrected chi connectivity index (χ4v) is 2.85. The first-order valence-electron chi connectivity index (χ1n) is 7.58. The number of carbonyl (C=O) groups is 1. The summed E-state index contributed by atoms with van der Waals surface area (Å²) in [5.41, 5.74) is 2.33. The van der Waals surface area contributed by atoms with Crippen LogP contribution in [-0.4, -0.2) is 25.3 Å². The summed E-state index contributed by atoms with van der Waals surface area (Å²) in [6.45, 7) is 0. The van der Waals surface area contributed by atoms with Gasteiger partial charge in [-0.05, 0) is 52.6 Å². The molecule has 0 aliphatic rings. The minimum Gasteiger partial charge on any atom is -0.493 e. The Labute approximate surface area is 140 Å². The number of fused-ring (bicyclic) bond motifs is 1. The van der Waals surface area contributed by atoms with E-state index in [1.807, 2.05) is 42.5 Å². The van der Waals surface area contributed by atoms with Crippen molar-refractivity contribution in [2.45, 2.75) is 6.42 Å². The minimum atomic E-state index is -0.944. The lowest BCUT2D eigenvalue weighted by atomic mass is 9.95. The van der Waals surface area contributed by atoms with Crippen molar-refractivity contribution in [1.82, 2.24) is 0 Å². The third kappa shape index (κ3) is 3.04. The molecule has 0 aliphatic heterocycles. The largest absolute Gasteiger partial charge is 0.493 e. The zero-order valence-electron chi connectivity index (χ0n) is 13.6. The quantitative estimate of drug-likeness (QED) is 0.767. The molecular weight excluding hydrogens is 304 g/mol. The first kappa shape index (κ1) is 15.9. The zero-order chi connectivity index (χ0) is 17.1. The zero-order valence-corrected chi connectivity index (χ0v) is 13.6. The summed E-state index contributed by atoms with van der Waals surface area (Å²) >= 11 is 0. The van der Waals surface area contributed by atoms with Crippen molar-refractivity contribution in [1.29, 1.82) is 0 Å². The minimum absolute atomic E-state index is 0.264. The second-order valence-electron chi connectivity index (χ2n) is 5.53. The molecule has 3 aromatic rings. The van der Waals surface area contributed by atoms with Crippen LogP contribution in [0.2, 0.25) is 0 Å². The number of methoxy groups -OCH3 is 2. The lowest BCUT2D eigenvalue weighted by molar-refractivity contribution is 0.0697. The van der Waals surface area contributed by atoms with Crippen LogP contribution in [0.1, 0.15) is 21.5 Å². The SMILES string of the molecule is COc1cc2cc(C(=O)O)cc(Cc3ccccc3)c2cc1OC. The van der Waals surface area contributed by atoms with E-state index in [1.165, 1.54) is 0 Å². The van der Waals surface area contributed by atoms with Crippen LogP contribution in [0.15, 0.2) is 54.6 Å². The standard InChI is InChI=1S/C20H18O4/c1-23-18-11-15-10-16(20(21)22)9-14(17(15)12-19(18)24-2)8-13-6-4-3-5-7-13/h3-7,9-12H,8H2,1-2H3,(H,21,22). The molecule has 4 heteroatoms. The van der Waals surface area contributed by atoms with Crippen LogP contribution in [0.25, 0.3) is 10.8 Å². The van der Waals surface area contributed by atoms with Gasteiger partial charge in [-0.2, -0.15) is 0 Å². The molecule has 0 atom stereocenters. The molecule has 4 nitrogen and oxygen atoms in total. The van der Waals surface area contributed by atoms with Crippen LogP contribution in [0.4, 0.5) is 0 Å². The smallest absolute Gasteiger partial charge is 0.335 e. The van der Waals surface area contributed by atoms with Crippen LogP contribution in [-0.2, 0) is 6.42 Å². The third-order valence-corrected chi connectivity index (χ3v) is 4.03. The second-order valence-corrected chi connectivity index (χ2v) is 5.53. The molecule has 0 bridgehead atoms. The number of hydrogen-bond donors (Lipinski definition) is 1. The highest BCUT2D eigenvalue weighted by atomic mass is 16.5. The first-order chi connectivity index (χ1) is 11.6. The van der Waals surface area contributed by atoms with Gasteiger partial charge >= 0.3 is 5.97 Å². The first-order valence-corrected chi connectivity index (χ1v) is 7.58. The normalized spacial score (nSPS) is 10.6. The Hall–Kier alpha value is -3.01. The van der Waals surface area contributed by atoms with Gasteiger partial charge in [0.25, 0.3) is 0 Å². The number of carboxylic acids is 1. The molecule has 3 aromatic carbocycles. The van der Waals surface area contributed by atoms with Gasteiger partial charge in [0.1, 0.15) is 0 Å². The number of ether oxygens (including phenoxy) is 2. The van der Waals surface area contributed by atoms with Crippen molar-refractivity contribution in [3.63, 3.8) is 0 Å². The van der Waals surface area contributed by atoms with Crippen LogP contribution in [0, 0.1) is 0 Å². The summed E-state index contributed by atoms with van der Waals surface area (Å²) in [5.74, 6) is 0.265. The summed E-state index contributed by atoms with van der Waals surface area (Å²) in [6.07, 6.45) is 0.647. The summed E-state index contributed by atoms with van der Waals surface area (Å²) < 4.78 is 10.7. The van der Waals surface area contributed by atoms with E-state index in [4.69, 9.17) is 9.47 Å². The Morgan fingerprint density at radius 1 is 0.958 bits per heavy atom. The van der Waals surface area contributed by atoms with Gasteiger partial charge in [-0.1, -0.05) is 30.3 Å². The highest BCUT2D eigenvalue weighted by molar-refractivity contribution is 5.97. The van der Waals surface area contributed by atoms with Gasteiger partial charge in [-0.3, -0.25) is 0 Å². The van der Waals surface area contributed by atoms with Gasteiger partial charge < -0.3 is 14.6 Å². The lowest BCUT2D eigenvalue weighted by Crippen LogP contribution is -2.00. The molecule has 0 radical (unpaired) electrons. The van der Waals surface area contributed by atoms with Crippen molar-refractivity contribution in [2.24, 2.45) is 0 Å². The number of rotatable bonds is 5. The van der Waals surface area contributed by atoms with Crippen molar-refractivity contribution >= 4 is 16.7 Å². The average Bonchev–Trinajstić information content (AvgIpc) is 2.61. The van der Waals surface area contributed by atoms with E-state index >= 15 is 0 Å². The van der Waals surface area contributed by atoms with Gasteiger partial charge in [0, 0.05) is 0 Å². The van der Waals surface area contributed by atoms with Crippen molar-refractivity contribution < 1.29 is 19.4 Å². The van der Waals surface area contributed by atoms with Crippen molar-refractivity contribution in [3.8, 4) is 11.5 Å². The maximum atomic E-state index is 11.5. The Bertz CT molecular complexity index is 885. The molecule has 0 aromatic heterocycles. The van der Waals surface area contributed by atoms with Gasteiger partial charge in [-0.25, -0.2) is 4.79 Å². The molecule has 0 spiro atoms. The van der Waals surface area contributed by atoms with Gasteiger partial charge in [0.05, 0.1) is 19.8 Å². The van der Waals surface area contributed by atoms with E-state index in [0.717, 1.165) is 21.9 Å². The summed E-state index contributed by atoms with van der Waals surface area (Å²) in [6, 6.07) is 17.1. The molecular formula is C20H18O4. The molecule has 0 saturated heterocycles. The topological polar surface area (TPSA) is 55.8 Å². The maximum absolute atomic E-state index is 11.5. The van der Waals surface area contributed by atoms with Crippen LogP contribution < -0.4 is 9.47 Å². The lowest BCUT2D eigenvalue weighted by Gasteiger charge is -2.13. The van der Waals surface area contributed by atoms with Crippen LogP contribution >= 0.6 is 0 Å². The summed E-state index contributed by atoms with van der Waals surface area (Å²) in [7, 11) is 3.15. The number of aromatic carboxylic acids is 1. The third-order valence-electron chi connectivity index (χ3n) is 4.03. The van der Waals surface area contributed by atoms with Crippen molar-refractivity contribution in [2.75, 3.05) is 14.2 Å². The fourth-order valence-electron chi connectivity index (χ4n) is 2.85. The summed E-state index contributed by atoms with van der Waals surface area (Å²) in [5, 5.41) is 11.2. The van der Waals surface area contributed by atoms with E-state index in [9.17, 15) is 9.90 Å². The number of carboxylic acid groups (broad SMARTS) is 1. The molecule has 24 heavy (non-hydrogen) atoms. The molecule has 3 rings (SSSR count). The molecule has 0 unspecified atom stereocenters. The molecule has 0 amide bonds. The highest BCUT2D eigenvalue weighted by Crippen LogP contribution is 2.35. The highest BCUT2D eigenvalue weighted by Gasteiger charge is 2.13. The van der Waals surface area contributed by atoms with Gasteiger partial charge in [0.2, 0.25) is 0 Å². The molecule has 122 valence electrons. The molecule has 0 fully saturated rings.